The van der Waals surface area contributed by atoms with Gasteiger partial charge in [-0.2, -0.15) is 17.4 Å². The average Bonchev–Trinajstić information content (AvgIpc) is 3.49. The highest BCUT2D eigenvalue weighted by molar-refractivity contribution is 7.87. The number of carbonyl (C=O) groups is 1. The maximum absolute atomic E-state index is 13.3. The second-order valence-electron chi connectivity index (χ2n) is 9.70. The predicted molar refractivity (Wildman–Crippen MR) is 127 cm³/mol. The Labute approximate surface area is 195 Å². The van der Waals surface area contributed by atoms with Crippen molar-refractivity contribution in [1.82, 2.24) is 13.9 Å². The zero-order chi connectivity index (χ0) is 23.2. The number of amides is 1. The fourth-order valence-electron chi connectivity index (χ4n) is 5.08. The lowest BCUT2D eigenvalue weighted by atomic mass is 9.91. The third kappa shape index (κ3) is 4.33. The number of nitrogens with zero attached hydrogens (tertiary/aromatic N) is 2. The second kappa shape index (κ2) is 8.51. The van der Waals surface area contributed by atoms with E-state index in [0.717, 1.165) is 36.0 Å². The minimum atomic E-state index is -3.64. The third-order valence-electron chi connectivity index (χ3n) is 7.32. The molecule has 3 fully saturated rings. The molecule has 2 aliphatic heterocycles. The van der Waals surface area contributed by atoms with Gasteiger partial charge < -0.3 is 9.64 Å². The summed E-state index contributed by atoms with van der Waals surface area (Å²) in [6, 6.07) is 17.9. The average molecular weight is 470 g/mol. The Kier molecular flexibility index (Phi) is 5.81. The van der Waals surface area contributed by atoms with Crippen molar-refractivity contribution in [3.63, 3.8) is 0 Å². The fraction of sp³-hybridized carbons (Fsp3) is 0.480. The number of carbonyl (C=O) groups excluding carboxylic acids is 1. The smallest absolute Gasteiger partial charge is 0.279 e. The molecular formula is C25H31N3O4S. The van der Waals surface area contributed by atoms with E-state index < -0.39 is 16.3 Å². The van der Waals surface area contributed by atoms with E-state index in [-0.39, 0.29) is 23.4 Å². The molecule has 3 atom stereocenters. The van der Waals surface area contributed by atoms with Gasteiger partial charge in [0.05, 0.1) is 18.7 Å². The van der Waals surface area contributed by atoms with Crippen molar-refractivity contribution in [1.29, 1.82) is 0 Å². The van der Waals surface area contributed by atoms with Gasteiger partial charge in [0, 0.05) is 32.5 Å². The second-order valence-corrected chi connectivity index (χ2v) is 11.6. The lowest BCUT2D eigenvalue weighted by molar-refractivity contribution is -0.157. The molecule has 0 unspecified atom stereocenters. The molecule has 5 rings (SSSR count). The molecule has 1 spiro atoms. The van der Waals surface area contributed by atoms with Crippen molar-refractivity contribution in [2.24, 2.45) is 5.41 Å². The molecule has 2 heterocycles. The summed E-state index contributed by atoms with van der Waals surface area (Å²) in [5.74, 6) is -0.0108. The lowest BCUT2D eigenvalue weighted by Crippen LogP contribution is -2.54. The van der Waals surface area contributed by atoms with Crippen molar-refractivity contribution in [2.45, 2.75) is 43.9 Å². The number of ether oxygens (including phenoxy) is 1. The van der Waals surface area contributed by atoms with E-state index in [0.29, 0.717) is 19.6 Å². The molecule has 3 aliphatic rings. The van der Waals surface area contributed by atoms with E-state index in [9.17, 15) is 13.2 Å². The highest BCUT2D eigenvalue weighted by atomic mass is 32.2. The van der Waals surface area contributed by atoms with Gasteiger partial charge in [0.2, 0.25) is 0 Å². The van der Waals surface area contributed by atoms with Crippen LogP contribution in [0.3, 0.4) is 0 Å². The van der Waals surface area contributed by atoms with E-state index in [2.05, 4.69) is 35.1 Å². The van der Waals surface area contributed by atoms with Crippen LogP contribution in [0, 0.1) is 5.41 Å². The molecule has 0 aromatic heterocycles. The summed E-state index contributed by atoms with van der Waals surface area (Å²) in [6.45, 7) is 1.19. The molecule has 1 N–H and O–H groups in total. The summed E-state index contributed by atoms with van der Waals surface area (Å²) >= 11 is 0. The molecule has 1 aliphatic carbocycles. The summed E-state index contributed by atoms with van der Waals surface area (Å²) in [6.07, 6.45) is 2.75. The van der Waals surface area contributed by atoms with E-state index in [1.54, 1.807) is 0 Å². The lowest BCUT2D eigenvalue weighted by Gasteiger charge is -2.34. The van der Waals surface area contributed by atoms with Crippen LogP contribution in [0.5, 0.6) is 0 Å². The summed E-state index contributed by atoms with van der Waals surface area (Å²) in [5.41, 5.74) is 3.13. The van der Waals surface area contributed by atoms with Gasteiger partial charge in [-0.05, 0) is 36.0 Å². The first-order valence-corrected chi connectivity index (χ1v) is 13.0. The standard InChI is InChI=1S/C25H31N3O4S/c1-27(2)33(30,31)26-23-21(28(17-25(23)12-13-25)24(29)22-11-14-32-22)16-18-7-6-10-20(15-18)19-8-4-3-5-9-19/h3-10,15,21-23,26H,11-14,16-17H2,1-2H3/t21-,22+,23+/m0/s1. The number of rotatable bonds is 7. The van der Waals surface area contributed by atoms with Crippen LogP contribution in [0.1, 0.15) is 24.8 Å². The molecule has 1 saturated carbocycles. The SMILES string of the molecule is CN(C)S(=O)(=O)N[C@@H]1[C@H](Cc2cccc(-c3ccccc3)c2)N(C(=O)[C@H]2CCO2)CC12CC2. The normalized spacial score (nSPS) is 25.9. The third-order valence-corrected chi connectivity index (χ3v) is 8.83. The van der Waals surface area contributed by atoms with E-state index in [1.165, 1.54) is 18.4 Å². The number of likely N-dealkylation sites (tertiary alicyclic amines) is 1. The molecule has 0 bridgehead atoms. The Hall–Kier alpha value is -2.26. The molecule has 2 saturated heterocycles. The van der Waals surface area contributed by atoms with Crippen LogP contribution in [-0.4, -0.2) is 69.0 Å². The highest BCUT2D eigenvalue weighted by Gasteiger charge is 2.62. The van der Waals surface area contributed by atoms with Crippen LogP contribution in [-0.2, 0) is 26.2 Å². The molecule has 0 radical (unpaired) electrons. The maximum atomic E-state index is 13.3. The summed E-state index contributed by atoms with van der Waals surface area (Å²) < 4.78 is 35.3. The molecular weight excluding hydrogens is 438 g/mol. The Bertz CT molecular complexity index is 1130. The van der Waals surface area contributed by atoms with Crippen molar-refractivity contribution in [2.75, 3.05) is 27.2 Å². The van der Waals surface area contributed by atoms with Crippen LogP contribution in [0.2, 0.25) is 0 Å². The molecule has 1 amide bonds. The van der Waals surface area contributed by atoms with Crippen molar-refractivity contribution in [3.05, 3.63) is 60.2 Å². The largest absolute Gasteiger partial charge is 0.368 e. The van der Waals surface area contributed by atoms with E-state index in [4.69, 9.17) is 4.74 Å². The van der Waals surface area contributed by atoms with Crippen LogP contribution in [0.15, 0.2) is 54.6 Å². The minimum absolute atomic E-state index is 0.0108. The quantitative estimate of drug-likeness (QED) is 0.676. The van der Waals surface area contributed by atoms with Gasteiger partial charge in [0.25, 0.3) is 16.1 Å². The van der Waals surface area contributed by atoms with Gasteiger partial charge >= 0.3 is 0 Å². The molecule has 7 nitrogen and oxygen atoms in total. The van der Waals surface area contributed by atoms with Gasteiger partial charge in [0.15, 0.2) is 0 Å². The summed E-state index contributed by atoms with van der Waals surface area (Å²) in [4.78, 5) is 15.2. The first-order valence-electron chi connectivity index (χ1n) is 11.6. The Morgan fingerprint density at radius 2 is 1.82 bits per heavy atom. The van der Waals surface area contributed by atoms with Gasteiger partial charge in [-0.3, -0.25) is 4.79 Å². The Morgan fingerprint density at radius 3 is 2.42 bits per heavy atom. The van der Waals surface area contributed by atoms with Crippen molar-refractivity contribution < 1.29 is 17.9 Å². The number of hydrogen-bond donors (Lipinski definition) is 1. The molecule has 33 heavy (non-hydrogen) atoms. The number of benzene rings is 2. The Morgan fingerprint density at radius 1 is 1.12 bits per heavy atom. The Balaban J connectivity index is 1.47. The first kappa shape index (κ1) is 22.5. The van der Waals surface area contributed by atoms with Crippen LogP contribution < -0.4 is 4.72 Å². The molecule has 2 aromatic carbocycles. The van der Waals surface area contributed by atoms with Gasteiger partial charge in [-0.25, -0.2) is 0 Å². The van der Waals surface area contributed by atoms with E-state index >= 15 is 0 Å². The van der Waals surface area contributed by atoms with Crippen LogP contribution in [0.25, 0.3) is 11.1 Å². The van der Waals surface area contributed by atoms with Gasteiger partial charge in [-0.15, -0.1) is 0 Å². The van der Waals surface area contributed by atoms with Crippen LogP contribution >= 0.6 is 0 Å². The van der Waals surface area contributed by atoms with E-state index in [1.807, 2.05) is 29.2 Å². The molecule has 8 heteroatoms. The number of nitrogens with one attached hydrogen (secondary N) is 1. The fourth-order valence-corrected chi connectivity index (χ4v) is 6.02. The predicted octanol–water partition coefficient (Wildman–Crippen LogP) is 2.44. The first-order chi connectivity index (χ1) is 15.8. The number of hydrogen-bond acceptors (Lipinski definition) is 4. The van der Waals surface area contributed by atoms with Gasteiger partial charge in [-0.1, -0.05) is 54.6 Å². The van der Waals surface area contributed by atoms with Crippen molar-refractivity contribution >= 4 is 16.1 Å². The zero-order valence-corrected chi connectivity index (χ0v) is 19.9. The van der Waals surface area contributed by atoms with Crippen LogP contribution in [0.4, 0.5) is 0 Å². The maximum Gasteiger partial charge on any atom is 0.279 e. The minimum Gasteiger partial charge on any atom is -0.368 e. The summed E-state index contributed by atoms with van der Waals surface area (Å²) in [7, 11) is -0.580. The van der Waals surface area contributed by atoms with Gasteiger partial charge in [0.1, 0.15) is 6.10 Å². The summed E-state index contributed by atoms with van der Waals surface area (Å²) in [5, 5.41) is 0. The molecule has 2 aromatic rings. The van der Waals surface area contributed by atoms with Crippen molar-refractivity contribution in [3.8, 4) is 11.1 Å². The molecule has 176 valence electrons. The topological polar surface area (TPSA) is 79.0 Å². The monoisotopic (exact) mass is 469 g/mol. The highest BCUT2D eigenvalue weighted by Crippen LogP contribution is 2.56. The zero-order valence-electron chi connectivity index (χ0n) is 19.1.